The molecule has 0 unspecified atom stereocenters. The van der Waals surface area contributed by atoms with Gasteiger partial charge in [0.25, 0.3) is 0 Å². The molecule has 0 aliphatic rings. The number of nitrogens with zero attached hydrogens (tertiary/aromatic N) is 1. The number of amides is 1. The molecule has 0 saturated heterocycles. The predicted octanol–water partition coefficient (Wildman–Crippen LogP) is 4.70. The van der Waals surface area contributed by atoms with E-state index in [4.69, 9.17) is 11.6 Å². The van der Waals surface area contributed by atoms with E-state index >= 15 is 0 Å². The SMILES string of the molecule is CCc1cccc(C)c1NC(=O)CCCN(c1cccc(Cl)c1C)S(C)(=O)=O. The van der Waals surface area contributed by atoms with Gasteiger partial charge < -0.3 is 5.32 Å². The molecule has 7 heteroatoms. The van der Waals surface area contributed by atoms with Gasteiger partial charge in [0.2, 0.25) is 15.9 Å². The first-order chi connectivity index (χ1) is 13.1. The number of anilines is 2. The Kier molecular flexibility index (Phi) is 7.49. The molecule has 2 aromatic carbocycles. The summed E-state index contributed by atoms with van der Waals surface area (Å²) in [6.07, 6.45) is 2.61. The average Bonchev–Trinajstić information content (AvgIpc) is 2.62. The average molecular weight is 423 g/mol. The van der Waals surface area contributed by atoms with Crippen LogP contribution in [0.2, 0.25) is 5.02 Å². The summed E-state index contributed by atoms with van der Waals surface area (Å²) in [6, 6.07) is 11.1. The van der Waals surface area contributed by atoms with Crippen molar-refractivity contribution in [1.82, 2.24) is 0 Å². The molecule has 1 N–H and O–H groups in total. The number of hydrogen-bond acceptors (Lipinski definition) is 3. The molecule has 0 heterocycles. The summed E-state index contributed by atoms with van der Waals surface area (Å²) < 4.78 is 25.9. The molecule has 0 saturated carbocycles. The van der Waals surface area contributed by atoms with Crippen molar-refractivity contribution in [3.8, 4) is 0 Å². The molecule has 5 nitrogen and oxygen atoms in total. The molecule has 0 fully saturated rings. The van der Waals surface area contributed by atoms with E-state index in [0.717, 1.165) is 29.5 Å². The lowest BCUT2D eigenvalue weighted by atomic mass is 10.1. The van der Waals surface area contributed by atoms with E-state index in [1.54, 1.807) is 25.1 Å². The lowest BCUT2D eigenvalue weighted by Gasteiger charge is -2.24. The maximum atomic E-state index is 12.4. The van der Waals surface area contributed by atoms with Crippen molar-refractivity contribution in [2.24, 2.45) is 0 Å². The number of sulfonamides is 1. The lowest BCUT2D eigenvalue weighted by molar-refractivity contribution is -0.116. The third kappa shape index (κ3) is 5.49. The number of carbonyl (C=O) groups excluding carboxylic acids is 1. The Hall–Kier alpha value is -2.05. The summed E-state index contributed by atoms with van der Waals surface area (Å²) in [5, 5.41) is 3.48. The van der Waals surface area contributed by atoms with Gasteiger partial charge in [-0.15, -0.1) is 0 Å². The van der Waals surface area contributed by atoms with Crippen LogP contribution >= 0.6 is 11.6 Å². The Morgan fingerprint density at radius 2 is 1.82 bits per heavy atom. The smallest absolute Gasteiger partial charge is 0.232 e. The van der Waals surface area contributed by atoms with Crippen LogP contribution in [0.5, 0.6) is 0 Å². The zero-order valence-corrected chi connectivity index (χ0v) is 18.3. The molecule has 0 aromatic heterocycles. The first-order valence-electron chi connectivity index (χ1n) is 9.26. The lowest BCUT2D eigenvalue weighted by Crippen LogP contribution is -2.32. The first kappa shape index (κ1) is 22.2. The van der Waals surface area contributed by atoms with E-state index in [-0.39, 0.29) is 18.9 Å². The van der Waals surface area contributed by atoms with Crippen LogP contribution < -0.4 is 9.62 Å². The molecule has 152 valence electrons. The molecule has 0 radical (unpaired) electrons. The van der Waals surface area contributed by atoms with Gasteiger partial charge in [-0.2, -0.15) is 0 Å². The number of para-hydroxylation sites is 1. The normalized spacial score (nSPS) is 11.3. The zero-order valence-electron chi connectivity index (χ0n) is 16.8. The second-order valence-electron chi connectivity index (χ2n) is 6.83. The third-order valence-corrected chi connectivity index (χ3v) is 6.27. The molecular formula is C21H27ClN2O3S. The van der Waals surface area contributed by atoms with Gasteiger partial charge in [0.05, 0.1) is 11.9 Å². The van der Waals surface area contributed by atoms with Crippen LogP contribution in [0.3, 0.4) is 0 Å². The van der Waals surface area contributed by atoms with E-state index in [1.165, 1.54) is 4.31 Å². The highest BCUT2D eigenvalue weighted by Crippen LogP contribution is 2.28. The molecule has 28 heavy (non-hydrogen) atoms. The number of hydrogen-bond donors (Lipinski definition) is 1. The maximum absolute atomic E-state index is 12.4. The quantitative estimate of drug-likeness (QED) is 0.670. The number of aryl methyl sites for hydroxylation is 2. The van der Waals surface area contributed by atoms with Crippen molar-refractivity contribution < 1.29 is 13.2 Å². The van der Waals surface area contributed by atoms with Crippen molar-refractivity contribution in [3.63, 3.8) is 0 Å². The number of benzene rings is 2. The van der Waals surface area contributed by atoms with Crippen LogP contribution in [-0.2, 0) is 21.2 Å². The number of carbonyl (C=O) groups is 1. The Morgan fingerprint density at radius 1 is 1.14 bits per heavy atom. The summed E-state index contributed by atoms with van der Waals surface area (Å²) in [7, 11) is -3.49. The zero-order chi connectivity index (χ0) is 20.9. The first-order valence-corrected chi connectivity index (χ1v) is 11.5. The van der Waals surface area contributed by atoms with Crippen LogP contribution in [-0.4, -0.2) is 27.1 Å². The largest absolute Gasteiger partial charge is 0.326 e. The molecule has 0 aliphatic heterocycles. The summed E-state index contributed by atoms with van der Waals surface area (Å²) >= 11 is 6.14. The Labute approximate surface area is 172 Å². The number of halogens is 1. The van der Waals surface area contributed by atoms with Gasteiger partial charge in [-0.05, 0) is 55.5 Å². The van der Waals surface area contributed by atoms with Crippen LogP contribution in [0.1, 0.15) is 36.5 Å². The van der Waals surface area contributed by atoms with E-state index in [1.807, 2.05) is 32.0 Å². The molecule has 1 amide bonds. The van der Waals surface area contributed by atoms with Gasteiger partial charge >= 0.3 is 0 Å². The van der Waals surface area contributed by atoms with Crippen molar-refractivity contribution in [3.05, 3.63) is 58.1 Å². The second-order valence-corrected chi connectivity index (χ2v) is 9.15. The Balaban J connectivity index is 2.07. The van der Waals surface area contributed by atoms with Gasteiger partial charge in [-0.3, -0.25) is 9.10 Å². The molecule has 2 aromatic rings. The van der Waals surface area contributed by atoms with E-state index in [9.17, 15) is 13.2 Å². The minimum absolute atomic E-state index is 0.125. The fourth-order valence-corrected chi connectivity index (χ4v) is 4.30. The Morgan fingerprint density at radius 3 is 2.46 bits per heavy atom. The molecule has 2 rings (SSSR count). The summed E-state index contributed by atoms with van der Waals surface area (Å²) in [5.41, 5.74) is 4.19. The summed E-state index contributed by atoms with van der Waals surface area (Å²) in [5.74, 6) is -0.125. The minimum Gasteiger partial charge on any atom is -0.326 e. The molecular weight excluding hydrogens is 396 g/mol. The second kappa shape index (κ2) is 9.43. The van der Waals surface area contributed by atoms with Gasteiger partial charge in [0, 0.05) is 23.7 Å². The van der Waals surface area contributed by atoms with Gasteiger partial charge in [0.1, 0.15) is 0 Å². The highest BCUT2D eigenvalue weighted by molar-refractivity contribution is 7.92. The van der Waals surface area contributed by atoms with Crippen LogP contribution in [0, 0.1) is 13.8 Å². The summed E-state index contributed by atoms with van der Waals surface area (Å²) in [4.78, 5) is 12.4. The van der Waals surface area contributed by atoms with Crippen LogP contribution in [0.25, 0.3) is 0 Å². The molecule has 0 atom stereocenters. The van der Waals surface area contributed by atoms with Crippen molar-refractivity contribution >= 4 is 38.9 Å². The van der Waals surface area contributed by atoms with E-state index in [0.29, 0.717) is 22.7 Å². The fourth-order valence-electron chi connectivity index (χ4n) is 3.12. The van der Waals surface area contributed by atoms with Crippen LogP contribution in [0.15, 0.2) is 36.4 Å². The summed E-state index contributed by atoms with van der Waals surface area (Å²) in [6.45, 7) is 6.00. The van der Waals surface area contributed by atoms with Gasteiger partial charge in [-0.1, -0.05) is 42.8 Å². The third-order valence-electron chi connectivity index (χ3n) is 4.68. The molecule has 0 bridgehead atoms. The highest BCUT2D eigenvalue weighted by Gasteiger charge is 2.20. The fraction of sp³-hybridized carbons (Fsp3) is 0.381. The van der Waals surface area contributed by atoms with Crippen molar-refractivity contribution in [2.75, 3.05) is 22.4 Å². The molecule has 0 spiro atoms. The molecule has 0 aliphatic carbocycles. The number of nitrogens with one attached hydrogen (secondary N) is 1. The van der Waals surface area contributed by atoms with Crippen LogP contribution in [0.4, 0.5) is 11.4 Å². The monoisotopic (exact) mass is 422 g/mol. The number of rotatable bonds is 8. The van der Waals surface area contributed by atoms with Gasteiger partial charge in [0.15, 0.2) is 0 Å². The van der Waals surface area contributed by atoms with Crippen molar-refractivity contribution in [1.29, 1.82) is 0 Å². The minimum atomic E-state index is -3.49. The van der Waals surface area contributed by atoms with E-state index in [2.05, 4.69) is 5.32 Å². The topological polar surface area (TPSA) is 66.5 Å². The maximum Gasteiger partial charge on any atom is 0.232 e. The predicted molar refractivity (Wildman–Crippen MR) is 117 cm³/mol. The standard InChI is InChI=1S/C21H27ClN2O3S/c1-5-17-10-6-9-15(2)21(17)23-20(25)13-8-14-24(28(4,26)27)19-12-7-11-18(22)16(19)3/h6-7,9-12H,5,8,13-14H2,1-4H3,(H,23,25). The van der Waals surface area contributed by atoms with Gasteiger partial charge in [-0.25, -0.2) is 8.42 Å². The highest BCUT2D eigenvalue weighted by atomic mass is 35.5. The van der Waals surface area contributed by atoms with E-state index < -0.39 is 10.0 Å². The Bertz CT molecular complexity index is 958. The van der Waals surface area contributed by atoms with Crippen molar-refractivity contribution in [2.45, 2.75) is 40.0 Å².